The largest absolute Gasteiger partial charge is 0.573 e. The highest BCUT2D eigenvalue weighted by molar-refractivity contribution is 6.00. The molecule has 1 aromatic heterocycles. The number of hydrogen-bond donors (Lipinski definition) is 1. The SMILES string of the molecule is N#C[C@H]1N(C(=O)CNC(=O)c2ccncc2/C=C/c2ccc(OC(F)(F)F)cc2)CC1(F)F. The van der Waals surface area contributed by atoms with E-state index >= 15 is 0 Å². The van der Waals surface area contributed by atoms with Gasteiger partial charge in [-0.3, -0.25) is 14.6 Å². The Morgan fingerprint density at radius 1 is 1.24 bits per heavy atom. The number of ether oxygens (including phenoxy) is 1. The smallest absolute Gasteiger partial charge is 0.406 e. The molecule has 7 nitrogen and oxygen atoms in total. The lowest BCUT2D eigenvalue weighted by atomic mass is 9.99. The summed E-state index contributed by atoms with van der Waals surface area (Å²) in [7, 11) is 0. The van der Waals surface area contributed by atoms with Crippen molar-refractivity contribution in [3.63, 3.8) is 0 Å². The molecule has 1 aromatic carbocycles. The van der Waals surface area contributed by atoms with Gasteiger partial charge >= 0.3 is 6.36 Å². The van der Waals surface area contributed by atoms with Crippen molar-refractivity contribution in [1.82, 2.24) is 15.2 Å². The van der Waals surface area contributed by atoms with Crippen LogP contribution in [-0.2, 0) is 4.79 Å². The number of aromatic nitrogens is 1. The maximum absolute atomic E-state index is 13.3. The fourth-order valence-corrected chi connectivity index (χ4v) is 2.98. The Bertz CT molecular complexity index is 1110. The van der Waals surface area contributed by atoms with Gasteiger partial charge in [-0.1, -0.05) is 24.3 Å². The number of nitrogens with one attached hydrogen (secondary N) is 1. The number of hydrogen-bond acceptors (Lipinski definition) is 5. The molecular formula is C21H15F5N4O3. The Labute approximate surface area is 184 Å². The predicted molar refractivity (Wildman–Crippen MR) is 105 cm³/mol. The minimum Gasteiger partial charge on any atom is -0.406 e. The van der Waals surface area contributed by atoms with Gasteiger partial charge < -0.3 is 15.0 Å². The summed E-state index contributed by atoms with van der Waals surface area (Å²) in [6, 6.07) is 5.87. The van der Waals surface area contributed by atoms with E-state index in [4.69, 9.17) is 5.26 Å². The Balaban J connectivity index is 1.63. The number of pyridine rings is 1. The van der Waals surface area contributed by atoms with Gasteiger partial charge in [0.15, 0.2) is 6.04 Å². The summed E-state index contributed by atoms with van der Waals surface area (Å²) in [6.07, 6.45) is 0.902. The average Bonchev–Trinajstić information content (AvgIpc) is 2.74. The molecule has 3 rings (SSSR count). The van der Waals surface area contributed by atoms with Gasteiger partial charge in [-0.2, -0.15) is 5.26 Å². The second-order valence-electron chi connectivity index (χ2n) is 6.91. The molecule has 0 saturated carbocycles. The van der Waals surface area contributed by atoms with Gasteiger partial charge in [0.25, 0.3) is 11.8 Å². The van der Waals surface area contributed by atoms with Crippen LogP contribution in [-0.4, -0.2) is 53.1 Å². The van der Waals surface area contributed by atoms with E-state index in [-0.39, 0.29) is 11.3 Å². The van der Waals surface area contributed by atoms with E-state index < -0.39 is 43.2 Å². The summed E-state index contributed by atoms with van der Waals surface area (Å²) < 4.78 is 67.0. The number of nitriles is 1. The zero-order valence-electron chi connectivity index (χ0n) is 16.6. The summed E-state index contributed by atoms with van der Waals surface area (Å²) in [5.41, 5.74) is 0.969. The van der Waals surface area contributed by atoms with Gasteiger partial charge in [-0.15, -0.1) is 13.2 Å². The van der Waals surface area contributed by atoms with Crippen LogP contribution in [0.4, 0.5) is 22.0 Å². The van der Waals surface area contributed by atoms with Crippen LogP contribution in [0.1, 0.15) is 21.5 Å². The van der Waals surface area contributed by atoms with Crippen molar-refractivity contribution in [3.8, 4) is 11.8 Å². The first kappa shape index (κ1) is 23.6. The van der Waals surface area contributed by atoms with Gasteiger partial charge in [0.1, 0.15) is 5.75 Å². The number of likely N-dealkylation sites (tertiary alicyclic amines) is 1. The van der Waals surface area contributed by atoms with Crippen molar-refractivity contribution in [1.29, 1.82) is 5.26 Å². The van der Waals surface area contributed by atoms with Crippen LogP contribution in [0.3, 0.4) is 0 Å². The molecule has 1 aliphatic heterocycles. The molecule has 2 amide bonds. The topological polar surface area (TPSA) is 95.3 Å². The molecule has 0 spiro atoms. The van der Waals surface area contributed by atoms with E-state index in [1.807, 2.05) is 0 Å². The number of alkyl halides is 5. The lowest BCUT2D eigenvalue weighted by Crippen LogP contribution is -2.67. The predicted octanol–water partition coefficient (Wildman–Crippen LogP) is 3.25. The second kappa shape index (κ2) is 9.23. The van der Waals surface area contributed by atoms with Gasteiger partial charge in [0.05, 0.1) is 19.2 Å². The molecule has 0 bridgehead atoms. The normalized spacial score (nSPS) is 17.2. The van der Waals surface area contributed by atoms with Crippen LogP contribution in [0.15, 0.2) is 42.7 Å². The van der Waals surface area contributed by atoms with Crippen molar-refractivity contribution >= 4 is 24.0 Å². The summed E-state index contributed by atoms with van der Waals surface area (Å²) >= 11 is 0. The number of halogens is 5. The highest BCUT2D eigenvalue weighted by Crippen LogP contribution is 2.34. The maximum Gasteiger partial charge on any atom is 0.573 e. The highest BCUT2D eigenvalue weighted by atomic mass is 19.4. The fraction of sp³-hybridized carbons (Fsp3) is 0.238. The molecule has 1 atom stereocenters. The molecule has 33 heavy (non-hydrogen) atoms. The Hall–Kier alpha value is -4.01. The summed E-state index contributed by atoms with van der Waals surface area (Å²) in [5.74, 6) is -5.17. The first-order valence-electron chi connectivity index (χ1n) is 9.33. The second-order valence-corrected chi connectivity index (χ2v) is 6.91. The first-order chi connectivity index (χ1) is 15.5. The number of rotatable bonds is 6. The van der Waals surface area contributed by atoms with E-state index in [0.29, 0.717) is 16.0 Å². The molecule has 172 valence electrons. The van der Waals surface area contributed by atoms with Gasteiger partial charge in [0.2, 0.25) is 5.91 Å². The van der Waals surface area contributed by atoms with E-state index in [0.717, 1.165) is 12.1 Å². The van der Waals surface area contributed by atoms with Crippen molar-refractivity contribution in [3.05, 3.63) is 59.4 Å². The molecule has 0 aliphatic carbocycles. The van der Waals surface area contributed by atoms with E-state index in [1.165, 1.54) is 48.8 Å². The number of carbonyl (C=O) groups is 2. The van der Waals surface area contributed by atoms with E-state index in [1.54, 1.807) is 0 Å². The number of amides is 2. The van der Waals surface area contributed by atoms with Crippen molar-refractivity contribution in [2.75, 3.05) is 13.1 Å². The first-order valence-corrected chi connectivity index (χ1v) is 9.33. The molecule has 1 N–H and O–H groups in total. The molecular weight excluding hydrogens is 451 g/mol. The Morgan fingerprint density at radius 3 is 2.55 bits per heavy atom. The van der Waals surface area contributed by atoms with Crippen LogP contribution < -0.4 is 10.1 Å². The number of nitrogens with zero attached hydrogens (tertiary/aromatic N) is 3. The lowest BCUT2D eigenvalue weighted by Gasteiger charge is -2.43. The fourth-order valence-electron chi connectivity index (χ4n) is 2.98. The van der Waals surface area contributed by atoms with Gasteiger partial charge in [-0.25, -0.2) is 8.78 Å². The average molecular weight is 466 g/mol. The monoisotopic (exact) mass is 466 g/mol. The third kappa shape index (κ3) is 5.82. The molecule has 1 aliphatic rings. The third-order valence-electron chi connectivity index (χ3n) is 4.60. The Kier molecular flexibility index (Phi) is 6.62. The minimum absolute atomic E-state index is 0.122. The van der Waals surface area contributed by atoms with E-state index in [9.17, 15) is 31.5 Å². The van der Waals surface area contributed by atoms with Crippen LogP contribution in [0.5, 0.6) is 5.75 Å². The summed E-state index contributed by atoms with van der Waals surface area (Å²) in [5, 5.41) is 11.1. The maximum atomic E-state index is 13.3. The summed E-state index contributed by atoms with van der Waals surface area (Å²) in [6.45, 7) is -1.48. The molecule has 1 fully saturated rings. The molecule has 2 heterocycles. The Morgan fingerprint density at radius 2 is 1.94 bits per heavy atom. The molecule has 2 aromatic rings. The quantitative estimate of drug-likeness (QED) is 0.660. The van der Waals surface area contributed by atoms with Crippen molar-refractivity contribution < 1.29 is 36.3 Å². The molecule has 1 saturated heterocycles. The molecule has 12 heteroatoms. The van der Waals surface area contributed by atoms with Crippen LogP contribution in [0, 0.1) is 11.3 Å². The van der Waals surface area contributed by atoms with Crippen LogP contribution in [0.2, 0.25) is 0 Å². The van der Waals surface area contributed by atoms with Gasteiger partial charge in [0, 0.05) is 23.5 Å². The zero-order chi connectivity index (χ0) is 24.2. The number of carbonyl (C=O) groups excluding carboxylic acids is 2. The molecule has 0 radical (unpaired) electrons. The zero-order valence-corrected chi connectivity index (χ0v) is 16.6. The van der Waals surface area contributed by atoms with E-state index in [2.05, 4.69) is 15.0 Å². The van der Waals surface area contributed by atoms with Gasteiger partial charge in [-0.05, 0) is 23.8 Å². The highest BCUT2D eigenvalue weighted by Gasteiger charge is 2.57. The minimum atomic E-state index is -4.80. The standard InChI is InChI=1S/C21H15F5N4O3/c22-20(23)12-30(17(20)9-27)18(31)11-29-19(32)16-7-8-28-10-14(16)4-1-13-2-5-15(6-3-13)33-21(24,25)26/h1-8,10,17H,11-12H2,(H,29,32)/b4-1+/t17-/m1/s1. The third-order valence-corrected chi connectivity index (χ3v) is 4.60. The molecule has 0 unspecified atom stereocenters. The van der Waals surface area contributed by atoms with Crippen LogP contribution >= 0.6 is 0 Å². The van der Waals surface area contributed by atoms with Crippen LogP contribution in [0.25, 0.3) is 12.2 Å². The van der Waals surface area contributed by atoms with Crippen molar-refractivity contribution in [2.24, 2.45) is 0 Å². The summed E-state index contributed by atoms with van der Waals surface area (Å²) in [4.78, 5) is 29.1. The lowest BCUT2D eigenvalue weighted by molar-refractivity contribution is -0.274. The van der Waals surface area contributed by atoms with Crippen molar-refractivity contribution in [2.45, 2.75) is 18.3 Å². The number of benzene rings is 1.